The van der Waals surface area contributed by atoms with Gasteiger partial charge in [0.1, 0.15) is 11.5 Å². The molecule has 0 saturated carbocycles. The Bertz CT molecular complexity index is 423. The van der Waals surface area contributed by atoms with Crippen LogP contribution < -0.4 is 5.32 Å². The average Bonchev–Trinajstić information content (AvgIpc) is 2.70. The molecule has 1 aromatic heterocycles. The van der Waals surface area contributed by atoms with E-state index in [1.54, 1.807) is 0 Å². The third-order valence-corrected chi connectivity index (χ3v) is 4.21. The van der Waals surface area contributed by atoms with Crippen LogP contribution in [0, 0.1) is 6.92 Å². The number of aryl methyl sites for hydroxylation is 1. The molecule has 0 aliphatic carbocycles. The van der Waals surface area contributed by atoms with Crippen molar-refractivity contribution in [2.24, 2.45) is 0 Å². The summed E-state index contributed by atoms with van der Waals surface area (Å²) in [4.78, 5) is 2.60. The lowest BCUT2D eigenvalue weighted by atomic mass is 10.1. The molecule has 3 heteroatoms. The molecule has 2 heterocycles. The van der Waals surface area contributed by atoms with E-state index >= 15 is 0 Å². The van der Waals surface area contributed by atoms with Crippen LogP contribution in [0.15, 0.2) is 10.5 Å². The van der Waals surface area contributed by atoms with Gasteiger partial charge in [-0.25, -0.2) is 0 Å². The molecular formula is C18H32N2O. The fraction of sp³-hybridized carbons (Fsp3) is 0.778. The van der Waals surface area contributed by atoms with Crippen molar-refractivity contribution in [3.63, 3.8) is 0 Å². The second kappa shape index (κ2) is 7.46. The van der Waals surface area contributed by atoms with Gasteiger partial charge in [0, 0.05) is 17.6 Å². The van der Waals surface area contributed by atoms with Crippen molar-refractivity contribution < 1.29 is 4.42 Å². The predicted molar refractivity (Wildman–Crippen MR) is 88.4 cm³/mol. The van der Waals surface area contributed by atoms with Crippen molar-refractivity contribution in [3.8, 4) is 0 Å². The maximum atomic E-state index is 5.92. The van der Waals surface area contributed by atoms with Crippen LogP contribution in [0.4, 0.5) is 0 Å². The lowest BCUT2D eigenvalue weighted by Crippen LogP contribution is -2.34. The zero-order valence-electron chi connectivity index (χ0n) is 14.3. The van der Waals surface area contributed by atoms with Gasteiger partial charge in [0.25, 0.3) is 0 Å². The number of hydrogen-bond acceptors (Lipinski definition) is 3. The summed E-state index contributed by atoms with van der Waals surface area (Å²) in [5, 5.41) is 3.49. The Labute approximate surface area is 130 Å². The van der Waals surface area contributed by atoms with Crippen molar-refractivity contribution in [2.75, 3.05) is 13.1 Å². The number of nitrogens with one attached hydrogen (secondary N) is 1. The topological polar surface area (TPSA) is 28.4 Å². The Hall–Kier alpha value is -0.800. The minimum Gasteiger partial charge on any atom is -0.465 e. The maximum Gasteiger partial charge on any atom is 0.118 e. The molecule has 1 aliphatic heterocycles. The van der Waals surface area contributed by atoms with Gasteiger partial charge in [-0.2, -0.15) is 0 Å². The number of rotatable bonds is 4. The molecule has 21 heavy (non-hydrogen) atoms. The summed E-state index contributed by atoms with van der Waals surface area (Å²) in [5.41, 5.74) is 1.49. The minimum absolute atomic E-state index is 0.129. The van der Waals surface area contributed by atoms with E-state index in [2.05, 4.69) is 44.0 Å². The fourth-order valence-corrected chi connectivity index (χ4v) is 2.90. The third-order valence-electron chi connectivity index (χ3n) is 4.21. The first-order valence-electron chi connectivity index (χ1n) is 8.49. The molecule has 1 aromatic rings. The molecule has 0 bridgehead atoms. The first-order chi connectivity index (χ1) is 9.94. The second-order valence-corrected chi connectivity index (χ2v) is 7.44. The van der Waals surface area contributed by atoms with E-state index in [1.165, 1.54) is 50.8 Å². The maximum absolute atomic E-state index is 5.92. The van der Waals surface area contributed by atoms with Crippen LogP contribution in [-0.2, 0) is 13.1 Å². The Morgan fingerprint density at radius 3 is 2.33 bits per heavy atom. The van der Waals surface area contributed by atoms with Gasteiger partial charge >= 0.3 is 0 Å². The fourth-order valence-electron chi connectivity index (χ4n) is 2.90. The molecule has 0 amide bonds. The summed E-state index contributed by atoms with van der Waals surface area (Å²) < 4.78 is 5.92. The Balaban J connectivity index is 1.91. The monoisotopic (exact) mass is 292 g/mol. The van der Waals surface area contributed by atoms with E-state index in [-0.39, 0.29) is 5.54 Å². The molecule has 1 aliphatic rings. The Kier molecular flexibility index (Phi) is 5.88. The number of nitrogens with zero attached hydrogens (tertiary/aromatic N) is 1. The first-order valence-corrected chi connectivity index (χ1v) is 8.49. The van der Waals surface area contributed by atoms with Gasteiger partial charge in [-0.15, -0.1) is 0 Å². The van der Waals surface area contributed by atoms with Crippen LogP contribution >= 0.6 is 0 Å². The van der Waals surface area contributed by atoms with Crippen LogP contribution in [0.3, 0.4) is 0 Å². The van der Waals surface area contributed by atoms with Gasteiger partial charge in [-0.05, 0) is 59.7 Å². The summed E-state index contributed by atoms with van der Waals surface area (Å²) in [6, 6.07) is 2.24. The summed E-state index contributed by atoms with van der Waals surface area (Å²) in [6.45, 7) is 13.0. The van der Waals surface area contributed by atoms with Crippen molar-refractivity contribution in [1.82, 2.24) is 10.2 Å². The highest BCUT2D eigenvalue weighted by Crippen LogP contribution is 2.19. The van der Waals surface area contributed by atoms with E-state index in [1.807, 2.05) is 0 Å². The normalized spacial score (nSPS) is 18.5. The highest BCUT2D eigenvalue weighted by Gasteiger charge is 2.15. The molecule has 1 fully saturated rings. The standard InChI is InChI=1S/C18H32N2O/c1-15-16(12-17(21-15)13-19-18(2,3)4)14-20-10-8-6-5-7-9-11-20/h12,19H,5-11,13-14H2,1-4H3. The van der Waals surface area contributed by atoms with Crippen LogP contribution in [0.5, 0.6) is 0 Å². The van der Waals surface area contributed by atoms with Crippen LogP contribution in [0.1, 0.15) is 70.0 Å². The lowest BCUT2D eigenvalue weighted by molar-refractivity contribution is 0.238. The van der Waals surface area contributed by atoms with E-state index in [4.69, 9.17) is 4.42 Å². The zero-order chi connectivity index (χ0) is 15.3. The summed E-state index contributed by atoms with van der Waals surface area (Å²) in [7, 11) is 0. The highest BCUT2D eigenvalue weighted by molar-refractivity contribution is 5.21. The van der Waals surface area contributed by atoms with Crippen LogP contribution in [-0.4, -0.2) is 23.5 Å². The summed E-state index contributed by atoms with van der Waals surface area (Å²) in [5.74, 6) is 2.15. The Morgan fingerprint density at radius 1 is 1.10 bits per heavy atom. The van der Waals surface area contributed by atoms with Gasteiger partial charge in [0.2, 0.25) is 0 Å². The van der Waals surface area contributed by atoms with E-state index < -0.39 is 0 Å². The number of furan rings is 1. The summed E-state index contributed by atoms with van der Waals surface area (Å²) >= 11 is 0. The molecular weight excluding hydrogens is 260 g/mol. The van der Waals surface area contributed by atoms with Crippen molar-refractivity contribution in [3.05, 3.63) is 23.2 Å². The Morgan fingerprint density at radius 2 is 1.71 bits per heavy atom. The highest BCUT2D eigenvalue weighted by atomic mass is 16.3. The van der Waals surface area contributed by atoms with E-state index in [0.29, 0.717) is 0 Å². The van der Waals surface area contributed by atoms with Crippen LogP contribution in [0.25, 0.3) is 0 Å². The van der Waals surface area contributed by atoms with Gasteiger partial charge < -0.3 is 9.73 Å². The summed E-state index contributed by atoms with van der Waals surface area (Å²) in [6.07, 6.45) is 6.88. The minimum atomic E-state index is 0.129. The van der Waals surface area contributed by atoms with Crippen LogP contribution in [0.2, 0.25) is 0 Å². The average molecular weight is 292 g/mol. The molecule has 0 aromatic carbocycles. The second-order valence-electron chi connectivity index (χ2n) is 7.44. The molecule has 3 nitrogen and oxygen atoms in total. The predicted octanol–water partition coefficient (Wildman–Crippen LogP) is 4.24. The molecule has 0 radical (unpaired) electrons. The van der Waals surface area contributed by atoms with E-state index in [9.17, 15) is 0 Å². The van der Waals surface area contributed by atoms with Gasteiger partial charge in [-0.3, -0.25) is 4.90 Å². The van der Waals surface area contributed by atoms with E-state index in [0.717, 1.165) is 24.6 Å². The first kappa shape index (κ1) is 16.6. The lowest BCUT2D eigenvalue weighted by Gasteiger charge is -2.24. The van der Waals surface area contributed by atoms with Crippen molar-refractivity contribution in [1.29, 1.82) is 0 Å². The van der Waals surface area contributed by atoms with Crippen molar-refractivity contribution >= 4 is 0 Å². The molecule has 120 valence electrons. The molecule has 0 unspecified atom stereocenters. The van der Waals surface area contributed by atoms with Gasteiger partial charge in [-0.1, -0.05) is 19.3 Å². The van der Waals surface area contributed by atoms with Crippen molar-refractivity contribution in [2.45, 2.75) is 78.4 Å². The van der Waals surface area contributed by atoms with Gasteiger partial charge in [0.05, 0.1) is 6.54 Å². The third kappa shape index (κ3) is 5.84. The SMILES string of the molecule is Cc1oc(CNC(C)(C)C)cc1CN1CCCCCCC1. The molecule has 2 rings (SSSR count). The zero-order valence-corrected chi connectivity index (χ0v) is 14.3. The quantitative estimate of drug-likeness (QED) is 0.899. The molecule has 1 saturated heterocycles. The van der Waals surface area contributed by atoms with Gasteiger partial charge in [0.15, 0.2) is 0 Å². The largest absolute Gasteiger partial charge is 0.465 e. The molecule has 0 atom stereocenters. The number of hydrogen-bond donors (Lipinski definition) is 1. The number of likely N-dealkylation sites (tertiary alicyclic amines) is 1. The molecule has 0 spiro atoms. The molecule has 1 N–H and O–H groups in total. The smallest absolute Gasteiger partial charge is 0.118 e.